The molecule has 142 valence electrons. The molecular weight excluding hydrogens is 335 g/mol. The first-order valence-electron chi connectivity index (χ1n) is 8.90. The normalized spacial score (nSPS) is 11.1. The highest BCUT2D eigenvalue weighted by Crippen LogP contribution is 2.24. The average molecular weight is 362 g/mol. The van der Waals surface area contributed by atoms with E-state index in [0.717, 1.165) is 29.8 Å². The van der Waals surface area contributed by atoms with Gasteiger partial charge in [-0.05, 0) is 51.4 Å². The van der Waals surface area contributed by atoms with Gasteiger partial charge < -0.3 is 19.7 Å². The van der Waals surface area contributed by atoms with Crippen LogP contribution in [0.3, 0.4) is 0 Å². The van der Waals surface area contributed by atoms with E-state index in [9.17, 15) is 14.3 Å². The maximum absolute atomic E-state index is 13.5. The maximum Gasteiger partial charge on any atom is 0.337 e. The second-order valence-electron chi connectivity index (χ2n) is 6.27. The molecule has 0 unspecified atom stereocenters. The molecule has 2 aromatic rings. The van der Waals surface area contributed by atoms with Gasteiger partial charge in [0.15, 0.2) is 0 Å². The van der Waals surface area contributed by atoms with Crippen molar-refractivity contribution in [1.82, 2.24) is 9.88 Å². The minimum Gasteiger partial charge on any atom is -0.478 e. The van der Waals surface area contributed by atoms with Crippen molar-refractivity contribution in [3.8, 4) is 0 Å². The van der Waals surface area contributed by atoms with Gasteiger partial charge in [-0.15, -0.1) is 0 Å². The number of hydrogen-bond acceptors (Lipinski definition) is 3. The van der Waals surface area contributed by atoms with Crippen LogP contribution in [0.4, 0.5) is 4.39 Å². The largest absolute Gasteiger partial charge is 0.478 e. The highest BCUT2D eigenvalue weighted by Gasteiger charge is 2.22. The van der Waals surface area contributed by atoms with Crippen molar-refractivity contribution >= 4 is 5.97 Å². The Labute approximate surface area is 153 Å². The molecule has 0 aliphatic carbocycles. The number of carboxylic acid groups (broad SMARTS) is 1. The number of aromatic nitrogens is 1. The van der Waals surface area contributed by atoms with E-state index in [2.05, 4.69) is 5.32 Å². The SMILES string of the molecule is CCOCCCNCc1c(C(=O)O)c(C)n(Cc2cccc(F)c2)c1C. The lowest BCUT2D eigenvalue weighted by Crippen LogP contribution is -2.18. The van der Waals surface area contributed by atoms with Gasteiger partial charge >= 0.3 is 5.97 Å². The zero-order valence-electron chi connectivity index (χ0n) is 15.6. The summed E-state index contributed by atoms with van der Waals surface area (Å²) < 4.78 is 20.7. The van der Waals surface area contributed by atoms with Crippen LogP contribution in [0.25, 0.3) is 0 Å². The Balaban J connectivity index is 2.18. The van der Waals surface area contributed by atoms with Gasteiger partial charge in [0.25, 0.3) is 0 Å². The predicted molar refractivity (Wildman–Crippen MR) is 99.2 cm³/mol. The average Bonchev–Trinajstić information content (AvgIpc) is 2.82. The number of halogens is 1. The fourth-order valence-corrected chi connectivity index (χ4v) is 3.16. The van der Waals surface area contributed by atoms with Crippen molar-refractivity contribution < 1.29 is 19.0 Å². The van der Waals surface area contributed by atoms with Crippen LogP contribution in [0.5, 0.6) is 0 Å². The Kier molecular flexibility index (Phi) is 7.36. The number of carbonyl (C=O) groups is 1. The number of aromatic carboxylic acids is 1. The number of ether oxygens (including phenoxy) is 1. The number of nitrogens with one attached hydrogen (secondary N) is 1. The van der Waals surface area contributed by atoms with Crippen LogP contribution in [0.2, 0.25) is 0 Å². The summed E-state index contributed by atoms with van der Waals surface area (Å²) in [6.45, 7) is 8.74. The van der Waals surface area contributed by atoms with Crippen LogP contribution in [0.15, 0.2) is 24.3 Å². The van der Waals surface area contributed by atoms with Gasteiger partial charge in [0, 0.05) is 43.3 Å². The van der Waals surface area contributed by atoms with Crippen LogP contribution >= 0.6 is 0 Å². The van der Waals surface area contributed by atoms with E-state index in [1.807, 2.05) is 24.5 Å². The summed E-state index contributed by atoms with van der Waals surface area (Å²) in [6, 6.07) is 6.38. The van der Waals surface area contributed by atoms with Crippen LogP contribution in [0, 0.1) is 19.7 Å². The number of benzene rings is 1. The first-order valence-corrected chi connectivity index (χ1v) is 8.90. The molecule has 5 nitrogen and oxygen atoms in total. The highest BCUT2D eigenvalue weighted by molar-refractivity contribution is 5.91. The third-order valence-corrected chi connectivity index (χ3v) is 4.50. The van der Waals surface area contributed by atoms with E-state index >= 15 is 0 Å². The standard InChI is InChI=1S/C20H27FN2O3/c1-4-26-10-6-9-22-12-18-14(2)23(15(3)19(18)20(24)25)13-16-7-5-8-17(21)11-16/h5,7-8,11,22H,4,6,9-10,12-13H2,1-3H3,(H,24,25). The summed E-state index contributed by atoms with van der Waals surface area (Å²) in [4.78, 5) is 11.8. The number of carboxylic acids is 1. The summed E-state index contributed by atoms with van der Waals surface area (Å²) in [7, 11) is 0. The van der Waals surface area contributed by atoms with E-state index in [-0.39, 0.29) is 5.82 Å². The number of nitrogens with zero attached hydrogens (tertiary/aromatic N) is 1. The zero-order valence-corrected chi connectivity index (χ0v) is 15.6. The number of rotatable bonds is 10. The van der Waals surface area contributed by atoms with Crippen LogP contribution < -0.4 is 5.32 Å². The van der Waals surface area contributed by atoms with Crippen molar-refractivity contribution in [2.24, 2.45) is 0 Å². The summed E-state index contributed by atoms with van der Waals surface area (Å²) in [5.41, 5.74) is 3.49. The topological polar surface area (TPSA) is 63.5 Å². The molecule has 0 aliphatic rings. The lowest BCUT2D eigenvalue weighted by molar-refractivity contribution is 0.0694. The Hall–Kier alpha value is -2.18. The Morgan fingerprint density at radius 2 is 2.08 bits per heavy atom. The molecule has 6 heteroatoms. The Morgan fingerprint density at radius 3 is 2.73 bits per heavy atom. The smallest absolute Gasteiger partial charge is 0.337 e. The van der Waals surface area contributed by atoms with Gasteiger partial charge in [-0.2, -0.15) is 0 Å². The van der Waals surface area contributed by atoms with Crippen molar-refractivity contribution in [3.05, 3.63) is 58.2 Å². The molecule has 0 saturated heterocycles. The van der Waals surface area contributed by atoms with E-state index in [4.69, 9.17) is 4.74 Å². The highest BCUT2D eigenvalue weighted by atomic mass is 19.1. The van der Waals surface area contributed by atoms with Gasteiger partial charge in [-0.25, -0.2) is 9.18 Å². The van der Waals surface area contributed by atoms with E-state index in [1.165, 1.54) is 12.1 Å². The lowest BCUT2D eigenvalue weighted by atomic mass is 10.1. The summed E-state index contributed by atoms with van der Waals surface area (Å²) in [6.07, 6.45) is 0.873. The first-order chi connectivity index (χ1) is 12.5. The maximum atomic E-state index is 13.5. The lowest BCUT2D eigenvalue weighted by Gasteiger charge is -2.10. The molecule has 2 rings (SSSR count). The molecular formula is C20H27FN2O3. The van der Waals surface area contributed by atoms with Crippen molar-refractivity contribution in [3.63, 3.8) is 0 Å². The fraction of sp³-hybridized carbons (Fsp3) is 0.450. The molecule has 0 saturated carbocycles. The van der Waals surface area contributed by atoms with Crippen LogP contribution in [0.1, 0.15) is 46.2 Å². The third-order valence-electron chi connectivity index (χ3n) is 4.50. The van der Waals surface area contributed by atoms with Crippen LogP contribution in [-0.2, 0) is 17.8 Å². The summed E-state index contributed by atoms with van der Waals surface area (Å²) >= 11 is 0. The van der Waals surface area contributed by atoms with E-state index in [1.54, 1.807) is 13.0 Å². The molecule has 1 aromatic carbocycles. The minimum atomic E-state index is -0.935. The van der Waals surface area contributed by atoms with E-state index in [0.29, 0.717) is 37.6 Å². The predicted octanol–water partition coefficient (Wildman–Crippen LogP) is 3.51. The minimum absolute atomic E-state index is 0.292. The summed E-state index contributed by atoms with van der Waals surface area (Å²) in [5.74, 6) is -1.23. The Morgan fingerprint density at radius 1 is 1.31 bits per heavy atom. The molecule has 0 bridgehead atoms. The van der Waals surface area contributed by atoms with Gasteiger partial charge in [-0.1, -0.05) is 12.1 Å². The van der Waals surface area contributed by atoms with E-state index < -0.39 is 5.97 Å². The molecule has 26 heavy (non-hydrogen) atoms. The quantitative estimate of drug-likeness (QED) is 0.635. The molecule has 1 heterocycles. The molecule has 1 aromatic heterocycles. The second kappa shape index (κ2) is 9.50. The molecule has 0 atom stereocenters. The molecule has 0 radical (unpaired) electrons. The zero-order chi connectivity index (χ0) is 19.1. The van der Waals surface area contributed by atoms with Gasteiger partial charge in [0.1, 0.15) is 5.82 Å². The number of hydrogen-bond donors (Lipinski definition) is 2. The summed E-state index contributed by atoms with van der Waals surface area (Å²) in [5, 5.41) is 12.9. The molecule has 0 spiro atoms. The van der Waals surface area contributed by atoms with Crippen molar-refractivity contribution in [2.45, 2.75) is 40.3 Å². The molecule has 2 N–H and O–H groups in total. The monoisotopic (exact) mass is 362 g/mol. The van der Waals surface area contributed by atoms with Gasteiger partial charge in [0.05, 0.1) is 5.56 Å². The van der Waals surface area contributed by atoms with Crippen LogP contribution in [-0.4, -0.2) is 35.4 Å². The Bertz CT molecular complexity index is 756. The molecule has 0 fully saturated rings. The molecule has 0 amide bonds. The first kappa shape index (κ1) is 20.1. The van der Waals surface area contributed by atoms with Gasteiger partial charge in [-0.3, -0.25) is 0 Å². The van der Waals surface area contributed by atoms with Crippen molar-refractivity contribution in [1.29, 1.82) is 0 Å². The molecule has 0 aliphatic heterocycles. The second-order valence-corrected chi connectivity index (χ2v) is 6.27. The third kappa shape index (κ3) is 4.93. The van der Waals surface area contributed by atoms with Gasteiger partial charge in [0.2, 0.25) is 0 Å². The van der Waals surface area contributed by atoms with Crippen molar-refractivity contribution in [2.75, 3.05) is 19.8 Å². The fourth-order valence-electron chi connectivity index (χ4n) is 3.16.